The van der Waals surface area contributed by atoms with E-state index in [1.807, 2.05) is 6.07 Å². The summed E-state index contributed by atoms with van der Waals surface area (Å²) in [6.45, 7) is 4.14. The summed E-state index contributed by atoms with van der Waals surface area (Å²) >= 11 is 0. The maximum absolute atomic E-state index is 10.7. The fourth-order valence-electron chi connectivity index (χ4n) is 1.73. The fourth-order valence-corrected chi connectivity index (χ4v) is 1.73. The number of benzene rings is 1. The van der Waals surface area contributed by atoms with Crippen LogP contribution in [-0.2, 0) is 0 Å². The number of hydrogen-bond donors (Lipinski definition) is 0. The van der Waals surface area contributed by atoms with Gasteiger partial charge in [0.15, 0.2) is 0 Å². The van der Waals surface area contributed by atoms with Crippen molar-refractivity contribution in [1.29, 1.82) is 0 Å². The average Bonchev–Trinajstić information content (AvgIpc) is 2.25. The molecular weight excluding hydrogens is 202 g/mol. The van der Waals surface area contributed by atoms with Crippen LogP contribution >= 0.6 is 0 Å². The van der Waals surface area contributed by atoms with Gasteiger partial charge in [-0.05, 0) is 17.4 Å². The zero-order valence-corrected chi connectivity index (χ0v) is 9.51. The zero-order valence-electron chi connectivity index (χ0n) is 9.51. The van der Waals surface area contributed by atoms with Crippen LogP contribution < -0.4 is 0 Å². The van der Waals surface area contributed by atoms with Crippen LogP contribution in [0.2, 0.25) is 0 Å². The first-order chi connectivity index (χ1) is 7.56. The lowest BCUT2D eigenvalue weighted by atomic mass is 9.86. The number of hydrogen-bond acceptors (Lipinski definition) is 2. The van der Waals surface area contributed by atoms with E-state index >= 15 is 0 Å². The summed E-state index contributed by atoms with van der Waals surface area (Å²) in [5.74, 6) is 3.18. The van der Waals surface area contributed by atoms with Crippen molar-refractivity contribution in [3.05, 3.63) is 39.9 Å². The molecule has 1 aromatic rings. The molecule has 16 heavy (non-hydrogen) atoms. The van der Waals surface area contributed by atoms with Crippen molar-refractivity contribution < 1.29 is 4.92 Å². The smallest absolute Gasteiger partial charge is 0.258 e. The van der Waals surface area contributed by atoms with Crippen LogP contribution in [-0.4, -0.2) is 4.92 Å². The van der Waals surface area contributed by atoms with E-state index in [1.165, 1.54) is 6.07 Å². The van der Waals surface area contributed by atoms with Gasteiger partial charge in [0, 0.05) is 18.6 Å². The SMILES string of the molecule is C#CCC(c1cccc([N+](=O)[O-])c1)C(C)C. The molecule has 0 saturated carbocycles. The van der Waals surface area contributed by atoms with Crippen molar-refractivity contribution in [3.8, 4) is 12.3 Å². The Bertz CT molecular complexity index is 418. The first kappa shape index (κ1) is 12.3. The van der Waals surface area contributed by atoms with Crippen LogP contribution in [0.3, 0.4) is 0 Å². The van der Waals surface area contributed by atoms with Crippen LogP contribution in [0.5, 0.6) is 0 Å². The normalized spacial score (nSPS) is 12.1. The molecule has 0 bridgehead atoms. The highest BCUT2D eigenvalue weighted by atomic mass is 16.6. The van der Waals surface area contributed by atoms with E-state index in [2.05, 4.69) is 19.8 Å². The quantitative estimate of drug-likeness (QED) is 0.441. The molecule has 3 nitrogen and oxygen atoms in total. The first-order valence-electron chi connectivity index (χ1n) is 5.24. The molecule has 0 aliphatic carbocycles. The molecule has 1 atom stereocenters. The van der Waals surface area contributed by atoms with Gasteiger partial charge in [0.25, 0.3) is 5.69 Å². The maximum Gasteiger partial charge on any atom is 0.269 e. The van der Waals surface area contributed by atoms with Crippen molar-refractivity contribution in [2.75, 3.05) is 0 Å². The lowest BCUT2D eigenvalue weighted by molar-refractivity contribution is -0.384. The van der Waals surface area contributed by atoms with Gasteiger partial charge in [0.2, 0.25) is 0 Å². The lowest BCUT2D eigenvalue weighted by Crippen LogP contribution is -2.06. The van der Waals surface area contributed by atoms with Gasteiger partial charge in [-0.25, -0.2) is 0 Å². The van der Waals surface area contributed by atoms with Gasteiger partial charge in [-0.3, -0.25) is 10.1 Å². The molecule has 0 amide bonds. The molecule has 1 unspecified atom stereocenters. The topological polar surface area (TPSA) is 43.1 Å². The fraction of sp³-hybridized carbons (Fsp3) is 0.385. The molecule has 0 N–H and O–H groups in total. The summed E-state index contributed by atoms with van der Waals surface area (Å²) in [5.41, 5.74) is 1.07. The maximum atomic E-state index is 10.7. The predicted octanol–water partition coefficient (Wildman–Crippen LogP) is 3.36. The Morgan fingerprint density at radius 1 is 1.50 bits per heavy atom. The molecule has 0 saturated heterocycles. The minimum absolute atomic E-state index is 0.125. The Morgan fingerprint density at radius 2 is 2.19 bits per heavy atom. The first-order valence-corrected chi connectivity index (χ1v) is 5.24. The van der Waals surface area contributed by atoms with E-state index in [9.17, 15) is 10.1 Å². The summed E-state index contributed by atoms with van der Waals surface area (Å²) in [6.07, 6.45) is 5.93. The van der Waals surface area contributed by atoms with Crippen LogP contribution in [0, 0.1) is 28.4 Å². The van der Waals surface area contributed by atoms with E-state index < -0.39 is 0 Å². The molecule has 3 heteroatoms. The van der Waals surface area contributed by atoms with Gasteiger partial charge in [-0.1, -0.05) is 26.0 Å². The summed E-state index contributed by atoms with van der Waals surface area (Å²) < 4.78 is 0. The minimum Gasteiger partial charge on any atom is -0.258 e. The van der Waals surface area contributed by atoms with E-state index in [0.29, 0.717) is 12.3 Å². The van der Waals surface area contributed by atoms with Gasteiger partial charge >= 0.3 is 0 Å². The lowest BCUT2D eigenvalue weighted by Gasteiger charge is -2.18. The number of nitrogens with zero attached hydrogens (tertiary/aromatic N) is 1. The summed E-state index contributed by atoms with van der Waals surface area (Å²) in [4.78, 5) is 10.3. The second kappa shape index (κ2) is 5.32. The highest BCUT2D eigenvalue weighted by Gasteiger charge is 2.17. The highest BCUT2D eigenvalue weighted by molar-refractivity contribution is 5.36. The summed E-state index contributed by atoms with van der Waals surface area (Å²) in [7, 11) is 0. The minimum atomic E-state index is -0.378. The molecule has 0 spiro atoms. The van der Waals surface area contributed by atoms with Crippen LogP contribution in [0.25, 0.3) is 0 Å². The number of non-ortho nitro benzene ring substituents is 1. The van der Waals surface area contributed by atoms with Crippen LogP contribution in [0.1, 0.15) is 31.7 Å². The van der Waals surface area contributed by atoms with Gasteiger partial charge in [0.05, 0.1) is 4.92 Å². The average molecular weight is 217 g/mol. The number of rotatable bonds is 4. The van der Waals surface area contributed by atoms with Gasteiger partial charge < -0.3 is 0 Å². The van der Waals surface area contributed by atoms with Crippen LogP contribution in [0.15, 0.2) is 24.3 Å². The molecule has 84 valence electrons. The predicted molar refractivity (Wildman–Crippen MR) is 64.1 cm³/mol. The third-order valence-electron chi connectivity index (χ3n) is 2.65. The van der Waals surface area contributed by atoms with Gasteiger partial charge in [-0.2, -0.15) is 0 Å². The van der Waals surface area contributed by atoms with Crippen molar-refractivity contribution in [2.24, 2.45) is 5.92 Å². The molecule has 0 radical (unpaired) electrons. The Hall–Kier alpha value is -1.82. The number of nitro groups is 1. The van der Waals surface area contributed by atoms with Crippen LogP contribution in [0.4, 0.5) is 5.69 Å². The van der Waals surface area contributed by atoms with Crippen molar-refractivity contribution in [3.63, 3.8) is 0 Å². The van der Waals surface area contributed by atoms with Gasteiger partial charge in [0.1, 0.15) is 0 Å². The van der Waals surface area contributed by atoms with E-state index in [4.69, 9.17) is 6.42 Å². The van der Waals surface area contributed by atoms with Crippen molar-refractivity contribution in [1.82, 2.24) is 0 Å². The summed E-state index contributed by atoms with van der Waals surface area (Å²) in [5, 5.41) is 10.7. The van der Waals surface area contributed by atoms with Crippen molar-refractivity contribution in [2.45, 2.75) is 26.2 Å². The highest BCUT2D eigenvalue weighted by Crippen LogP contribution is 2.29. The third kappa shape index (κ3) is 2.83. The third-order valence-corrected chi connectivity index (χ3v) is 2.65. The molecule has 0 aromatic heterocycles. The second-order valence-electron chi connectivity index (χ2n) is 4.11. The number of nitro benzene ring substituents is 1. The standard InChI is InChI=1S/C13H15NO2/c1-4-6-13(10(2)3)11-7-5-8-12(9-11)14(15)16/h1,5,7-10,13H,6H2,2-3H3. The molecule has 1 rings (SSSR count). The Balaban J connectivity index is 3.06. The van der Waals surface area contributed by atoms with Crippen molar-refractivity contribution >= 4 is 5.69 Å². The van der Waals surface area contributed by atoms with Gasteiger partial charge in [-0.15, -0.1) is 12.3 Å². The Kier molecular flexibility index (Phi) is 4.07. The molecule has 1 aromatic carbocycles. The Labute approximate surface area is 95.6 Å². The molecule has 0 aliphatic rings. The second-order valence-corrected chi connectivity index (χ2v) is 4.11. The van der Waals surface area contributed by atoms with E-state index in [1.54, 1.807) is 12.1 Å². The van der Waals surface area contributed by atoms with E-state index in [-0.39, 0.29) is 16.5 Å². The summed E-state index contributed by atoms with van der Waals surface area (Å²) in [6, 6.07) is 6.72. The monoisotopic (exact) mass is 217 g/mol. The zero-order chi connectivity index (χ0) is 12.1. The molecule has 0 fully saturated rings. The molecular formula is C13H15NO2. The van der Waals surface area contributed by atoms with E-state index in [0.717, 1.165) is 5.56 Å². The largest absolute Gasteiger partial charge is 0.269 e. The molecule has 0 heterocycles. The Morgan fingerprint density at radius 3 is 2.69 bits per heavy atom. The molecule has 0 aliphatic heterocycles. The number of terminal acetylenes is 1.